The van der Waals surface area contributed by atoms with Gasteiger partial charge in [0.2, 0.25) is 0 Å². The summed E-state index contributed by atoms with van der Waals surface area (Å²) in [6, 6.07) is -0.0478. The van der Waals surface area contributed by atoms with E-state index in [4.69, 9.17) is 0 Å². The number of nitrogens with one attached hydrogen (secondary N) is 1. The number of amides is 2. The van der Waals surface area contributed by atoms with Gasteiger partial charge in [-0.25, -0.2) is 4.79 Å². The Balaban J connectivity index is 1.52. The quantitative estimate of drug-likeness (QED) is 0.705. The number of carbonyl (C=O) groups excluding carboxylic acids is 1. The van der Waals surface area contributed by atoms with Crippen LogP contribution in [0.15, 0.2) is 0 Å². The third-order valence-electron chi connectivity index (χ3n) is 4.76. The Kier molecular flexibility index (Phi) is 6.14. The topological polar surface area (TPSA) is 52.6 Å². The lowest BCUT2D eigenvalue weighted by molar-refractivity contribution is 0.113. The van der Waals surface area contributed by atoms with Gasteiger partial charge in [-0.05, 0) is 37.5 Å². The molecule has 0 aromatic rings. The summed E-state index contributed by atoms with van der Waals surface area (Å²) in [5.74, 6) is 1.31. The maximum absolute atomic E-state index is 11.9. The lowest BCUT2D eigenvalue weighted by Crippen LogP contribution is -2.42. The minimum Gasteiger partial charge on any atom is -0.391 e. The van der Waals surface area contributed by atoms with E-state index in [1.807, 2.05) is 0 Å². The van der Waals surface area contributed by atoms with Gasteiger partial charge in [0.25, 0.3) is 0 Å². The number of likely N-dealkylation sites (N-methyl/N-ethyl adjacent to an activating group) is 1. The molecule has 0 bridgehead atoms. The molecule has 116 valence electrons. The first-order valence-corrected chi connectivity index (χ1v) is 8.34. The first-order chi connectivity index (χ1) is 9.66. The van der Waals surface area contributed by atoms with Gasteiger partial charge in [0, 0.05) is 20.1 Å². The Labute approximate surface area is 122 Å². The summed E-state index contributed by atoms with van der Waals surface area (Å²) in [5, 5.41) is 12.8. The van der Waals surface area contributed by atoms with Gasteiger partial charge >= 0.3 is 6.03 Å². The van der Waals surface area contributed by atoms with Gasteiger partial charge in [-0.15, -0.1) is 0 Å². The number of aliphatic hydroxyl groups is 1. The molecular weight excluding hydrogens is 252 g/mol. The molecule has 0 aliphatic heterocycles. The maximum Gasteiger partial charge on any atom is 0.317 e. The first-order valence-electron chi connectivity index (χ1n) is 8.34. The largest absolute Gasteiger partial charge is 0.391 e. The molecule has 0 heterocycles. The smallest absolute Gasteiger partial charge is 0.317 e. The fourth-order valence-corrected chi connectivity index (χ4v) is 3.19. The highest BCUT2D eigenvalue weighted by Gasteiger charge is 2.31. The van der Waals surface area contributed by atoms with Crippen molar-refractivity contribution in [3.05, 3.63) is 0 Å². The second-order valence-electron chi connectivity index (χ2n) is 6.66. The van der Waals surface area contributed by atoms with Crippen LogP contribution in [0.4, 0.5) is 4.79 Å². The van der Waals surface area contributed by atoms with Gasteiger partial charge in [0.05, 0.1) is 6.10 Å². The molecule has 2 fully saturated rings. The van der Waals surface area contributed by atoms with Gasteiger partial charge in [-0.1, -0.05) is 32.1 Å². The van der Waals surface area contributed by atoms with Crippen molar-refractivity contribution < 1.29 is 9.90 Å². The molecule has 0 aromatic heterocycles. The fourth-order valence-electron chi connectivity index (χ4n) is 3.19. The zero-order valence-corrected chi connectivity index (χ0v) is 12.8. The molecule has 1 unspecified atom stereocenters. The van der Waals surface area contributed by atoms with Crippen molar-refractivity contribution in [3.8, 4) is 0 Å². The van der Waals surface area contributed by atoms with Gasteiger partial charge < -0.3 is 15.3 Å². The van der Waals surface area contributed by atoms with E-state index in [1.54, 1.807) is 11.9 Å². The fraction of sp³-hybridized carbons (Fsp3) is 0.938. The first kappa shape index (κ1) is 15.6. The van der Waals surface area contributed by atoms with E-state index in [9.17, 15) is 9.90 Å². The molecule has 2 aliphatic carbocycles. The molecule has 0 radical (unpaired) electrons. The SMILES string of the molecule is CN(CC(O)C1CC1)C(=O)NCCCC1CCCCC1. The standard InChI is InChI=1S/C16H30N2O2/c1-18(12-15(19)14-9-10-14)16(20)17-11-5-8-13-6-3-2-4-7-13/h13-15,19H,2-12H2,1H3,(H,17,20). The number of aliphatic hydroxyl groups excluding tert-OH is 1. The number of hydrogen-bond donors (Lipinski definition) is 2. The predicted octanol–water partition coefficient (Wildman–Crippen LogP) is 2.76. The molecular formula is C16H30N2O2. The van der Waals surface area contributed by atoms with E-state index in [-0.39, 0.29) is 12.1 Å². The molecule has 0 saturated heterocycles. The third-order valence-corrected chi connectivity index (χ3v) is 4.76. The summed E-state index contributed by atoms with van der Waals surface area (Å²) in [5.41, 5.74) is 0. The van der Waals surface area contributed by atoms with Crippen molar-refractivity contribution in [1.82, 2.24) is 10.2 Å². The van der Waals surface area contributed by atoms with Gasteiger partial charge in [0.1, 0.15) is 0 Å². The average molecular weight is 282 g/mol. The lowest BCUT2D eigenvalue weighted by Gasteiger charge is -2.23. The second kappa shape index (κ2) is 7.87. The Hall–Kier alpha value is -0.770. The van der Waals surface area contributed by atoms with Crippen molar-refractivity contribution in [2.24, 2.45) is 11.8 Å². The molecule has 2 amide bonds. The van der Waals surface area contributed by atoms with Crippen LogP contribution in [0.1, 0.15) is 57.8 Å². The van der Waals surface area contributed by atoms with Crippen LogP contribution in [0.3, 0.4) is 0 Å². The monoisotopic (exact) mass is 282 g/mol. The number of carbonyl (C=O) groups is 1. The average Bonchev–Trinajstić information content (AvgIpc) is 3.29. The molecule has 2 aliphatic rings. The van der Waals surface area contributed by atoms with Gasteiger partial charge in [-0.2, -0.15) is 0 Å². The van der Waals surface area contributed by atoms with Crippen LogP contribution in [0.5, 0.6) is 0 Å². The van der Waals surface area contributed by atoms with E-state index in [2.05, 4.69) is 5.32 Å². The Morgan fingerprint density at radius 1 is 1.25 bits per heavy atom. The van der Waals surface area contributed by atoms with E-state index < -0.39 is 0 Å². The van der Waals surface area contributed by atoms with Crippen LogP contribution in [0.2, 0.25) is 0 Å². The van der Waals surface area contributed by atoms with Crippen molar-refractivity contribution in [3.63, 3.8) is 0 Å². The van der Waals surface area contributed by atoms with E-state index in [1.165, 1.54) is 38.5 Å². The highest BCUT2D eigenvalue weighted by molar-refractivity contribution is 5.73. The van der Waals surface area contributed by atoms with Crippen molar-refractivity contribution in [2.75, 3.05) is 20.1 Å². The normalized spacial score (nSPS) is 21.5. The molecule has 0 spiro atoms. The molecule has 4 heteroatoms. The number of urea groups is 1. The molecule has 2 N–H and O–H groups in total. The summed E-state index contributed by atoms with van der Waals surface area (Å²) in [6.45, 7) is 1.22. The van der Waals surface area contributed by atoms with Crippen LogP contribution < -0.4 is 5.32 Å². The Bertz CT molecular complexity index is 299. The number of nitrogens with zero attached hydrogens (tertiary/aromatic N) is 1. The summed E-state index contributed by atoms with van der Waals surface area (Å²) in [6.07, 6.45) is 11.1. The summed E-state index contributed by atoms with van der Waals surface area (Å²) >= 11 is 0. The molecule has 2 rings (SSSR count). The third kappa shape index (κ3) is 5.31. The maximum atomic E-state index is 11.9. The molecule has 1 atom stereocenters. The van der Waals surface area contributed by atoms with Crippen LogP contribution in [-0.4, -0.2) is 42.3 Å². The minimum atomic E-state index is -0.340. The number of rotatable bonds is 7. The summed E-state index contributed by atoms with van der Waals surface area (Å²) in [7, 11) is 1.77. The molecule has 2 saturated carbocycles. The minimum absolute atomic E-state index is 0.0478. The lowest BCUT2D eigenvalue weighted by atomic mass is 9.86. The van der Waals surface area contributed by atoms with Gasteiger partial charge in [0.15, 0.2) is 0 Å². The Morgan fingerprint density at radius 3 is 2.60 bits per heavy atom. The zero-order chi connectivity index (χ0) is 14.4. The van der Waals surface area contributed by atoms with Gasteiger partial charge in [-0.3, -0.25) is 0 Å². The molecule has 20 heavy (non-hydrogen) atoms. The van der Waals surface area contributed by atoms with Crippen molar-refractivity contribution >= 4 is 6.03 Å². The Morgan fingerprint density at radius 2 is 1.95 bits per heavy atom. The molecule has 0 aromatic carbocycles. The van der Waals surface area contributed by atoms with Crippen LogP contribution in [-0.2, 0) is 0 Å². The predicted molar refractivity (Wildman–Crippen MR) is 80.6 cm³/mol. The van der Waals surface area contributed by atoms with Crippen LogP contribution >= 0.6 is 0 Å². The molecule has 4 nitrogen and oxygen atoms in total. The van der Waals surface area contributed by atoms with E-state index >= 15 is 0 Å². The van der Waals surface area contributed by atoms with E-state index in [0.717, 1.165) is 31.7 Å². The second-order valence-corrected chi connectivity index (χ2v) is 6.66. The van der Waals surface area contributed by atoms with Crippen LogP contribution in [0, 0.1) is 11.8 Å². The zero-order valence-electron chi connectivity index (χ0n) is 12.8. The highest BCUT2D eigenvalue weighted by atomic mass is 16.3. The summed E-state index contributed by atoms with van der Waals surface area (Å²) < 4.78 is 0. The van der Waals surface area contributed by atoms with Crippen molar-refractivity contribution in [2.45, 2.75) is 63.9 Å². The summed E-state index contributed by atoms with van der Waals surface area (Å²) in [4.78, 5) is 13.5. The number of hydrogen-bond acceptors (Lipinski definition) is 2. The van der Waals surface area contributed by atoms with Crippen molar-refractivity contribution in [1.29, 1.82) is 0 Å². The highest BCUT2D eigenvalue weighted by Crippen LogP contribution is 2.32. The van der Waals surface area contributed by atoms with Crippen LogP contribution in [0.25, 0.3) is 0 Å². The van der Waals surface area contributed by atoms with E-state index in [0.29, 0.717) is 12.5 Å².